The highest BCUT2D eigenvalue weighted by Gasteiger charge is 2.09. The summed E-state index contributed by atoms with van der Waals surface area (Å²) in [6, 6.07) is 5.97. The van der Waals surface area contributed by atoms with E-state index >= 15 is 0 Å². The summed E-state index contributed by atoms with van der Waals surface area (Å²) in [6.45, 7) is 10.4. The van der Waals surface area contributed by atoms with E-state index in [1.165, 1.54) is 0 Å². The van der Waals surface area contributed by atoms with Crippen LogP contribution in [0.15, 0.2) is 18.2 Å². The second-order valence-corrected chi connectivity index (χ2v) is 4.79. The van der Waals surface area contributed by atoms with Crippen LogP contribution in [0.3, 0.4) is 0 Å². The molecule has 0 aliphatic carbocycles. The van der Waals surface area contributed by atoms with Crippen LogP contribution in [0, 0.1) is 12.3 Å². The molecule has 0 aromatic heterocycles. The molecular formula is C16H27N3O2. The van der Waals surface area contributed by atoms with Gasteiger partial charge in [0.25, 0.3) is 0 Å². The lowest BCUT2D eigenvalue weighted by Gasteiger charge is -2.25. The second-order valence-electron chi connectivity index (χ2n) is 4.79. The maximum absolute atomic E-state index is 7.55. The molecule has 5 nitrogen and oxygen atoms in total. The first-order valence-corrected chi connectivity index (χ1v) is 7.45. The Kier molecular flexibility index (Phi) is 7.79. The summed E-state index contributed by atoms with van der Waals surface area (Å²) in [4.78, 5) is 2.24. The van der Waals surface area contributed by atoms with E-state index in [4.69, 9.17) is 20.6 Å². The number of ether oxygens (including phenoxy) is 2. The first kappa shape index (κ1) is 17.5. The molecule has 0 unspecified atom stereocenters. The quantitative estimate of drug-likeness (QED) is 0.394. The molecule has 0 aliphatic heterocycles. The Morgan fingerprint density at radius 1 is 1.14 bits per heavy atom. The summed E-state index contributed by atoms with van der Waals surface area (Å²) in [5.41, 5.74) is 8.47. The third-order valence-electron chi connectivity index (χ3n) is 3.28. The van der Waals surface area contributed by atoms with Crippen molar-refractivity contribution in [3.8, 4) is 0 Å². The number of nitrogens with zero attached hydrogens (tertiary/aromatic N) is 1. The van der Waals surface area contributed by atoms with E-state index in [-0.39, 0.29) is 5.84 Å². The van der Waals surface area contributed by atoms with Crippen molar-refractivity contribution >= 4 is 11.5 Å². The van der Waals surface area contributed by atoms with Gasteiger partial charge in [0.05, 0.1) is 13.2 Å². The van der Waals surface area contributed by atoms with Crippen molar-refractivity contribution in [3.63, 3.8) is 0 Å². The van der Waals surface area contributed by atoms with Gasteiger partial charge in [0.1, 0.15) is 5.84 Å². The van der Waals surface area contributed by atoms with Gasteiger partial charge in [0.2, 0.25) is 0 Å². The molecule has 0 amide bonds. The van der Waals surface area contributed by atoms with Crippen LogP contribution in [0.4, 0.5) is 5.69 Å². The van der Waals surface area contributed by atoms with Crippen molar-refractivity contribution in [2.75, 3.05) is 44.4 Å². The van der Waals surface area contributed by atoms with Crippen LogP contribution < -0.4 is 10.6 Å². The van der Waals surface area contributed by atoms with Crippen LogP contribution in [-0.4, -0.2) is 45.4 Å². The van der Waals surface area contributed by atoms with Crippen LogP contribution in [0.1, 0.15) is 25.0 Å². The molecule has 0 spiro atoms. The number of hydrogen-bond donors (Lipinski definition) is 2. The predicted molar refractivity (Wildman–Crippen MR) is 87.4 cm³/mol. The Hall–Kier alpha value is -1.59. The Morgan fingerprint density at radius 3 is 2.14 bits per heavy atom. The van der Waals surface area contributed by atoms with Crippen LogP contribution in [0.25, 0.3) is 0 Å². The molecule has 0 heterocycles. The molecule has 118 valence electrons. The summed E-state index contributed by atoms with van der Waals surface area (Å²) in [7, 11) is 0. The van der Waals surface area contributed by atoms with Gasteiger partial charge in [0, 0.05) is 37.6 Å². The van der Waals surface area contributed by atoms with Gasteiger partial charge in [-0.05, 0) is 44.5 Å². The number of anilines is 1. The van der Waals surface area contributed by atoms with E-state index < -0.39 is 0 Å². The zero-order chi connectivity index (χ0) is 15.7. The molecule has 0 bridgehead atoms. The van der Waals surface area contributed by atoms with Gasteiger partial charge in [-0.1, -0.05) is 0 Å². The number of nitrogens with two attached hydrogens (primary N) is 1. The van der Waals surface area contributed by atoms with Crippen LogP contribution in [-0.2, 0) is 9.47 Å². The van der Waals surface area contributed by atoms with E-state index in [2.05, 4.69) is 11.0 Å². The number of rotatable bonds is 10. The van der Waals surface area contributed by atoms with E-state index in [0.717, 1.165) is 43.1 Å². The number of benzene rings is 1. The zero-order valence-corrected chi connectivity index (χ0v) is 13.3. The lowest BCUT2D eigenvalue weighted by atomic mass is 10.1. The third-order valence-corrected chi connectivity index (χ3v) is 3.28. The number of hydrogen-bond acceptors (Lipinski definition) is 4. The summed E-state index contributed by atoms with van der Waals surface area (Å²) in [5, 5.41) is 7.55. The molecule has 1 aromatic rings. The summed E-state index contributed by atoms with van der Waals surface area (Å²) >= 11 is 0. The largest absolute Gasteiger partial charge is 0.384 e. The van der Waals surface area contributed by atoms with E-state index in [9.17, 15) is 0 Å². The maximum atomic E-state index is 7.55. The van der Waals surface area contributed by atoms with Crippen molar-refractivity contribution in [2.24, 2.45) is 5.73 Å². The first-order chi connectivity index (χ1) is 10.1. The summed E-state index contributed by atoms with van der Waals surface area (Å²) < 4.78 is 10.9. The number of amidine groups is 1. The average Bonchev–Trinajstić information content (AvgIpc) is 2.45. The molecule has 0 saturated heterocycles. The lowest BCUT2D eigenvalue weighted by molar-refractivity contribution is 0.141. The first-order valence-electron chi connectivity index (χ1n) is 7.45. The van der Waals surface area contributed by atoms with Crippen LogP contribution in [0.2, 0.25) is 0 Å². The number of aryl methyl sites for hydroxylation is 1. The van der Waals surface area contributed by atoms with Gasteiger partial charge in [0.15, 0.2) is 0 Å². The summed E-state index contributed by atoms with van der Waals surface area (Å²) in [5.74, 6) is 0.106. The average molecular weight is 293 g/mol. The van der Waals surface area contributed by atoms with Gasteiger partial charge < -0.3 is 20.1 Å². The molecule has 0 fully saturated rings. The molecule has 1 rings (SSSR count). The molecule has 3 N–H and O–H groups in total. The minimum absolute atomic E-state index is 0.106. The Balaban J connectivity index is 2.80. The van der Waals surface area contributed by atoms with Crippen molar-refractivity contribution in [1.82, 2.24) is 0 Å². The van der Waals surface area contributed by atoms with Crippen molar-refractivity contribution in [1.29, 1.82) is 5.41 Å². The van der Waals surface area contributed by atoms with Gasteiger partial charge in [-0.15, -0.1) is 0 Å². The van der Waals surface area contributed by atoms with E-state index in [1.54, 1.807) is 0 Å². The maximum Gasteiger partial charge on any atom is 0.123 e. The van der Waals surface area contributed by atoms with Crippen LogP contribution in [0.5, 0.6) is 0 Å². The summed E-state index contributed by atoms with van der Waals surface area (Å²) in [6.07, 6.45) is 0. The van der Waals surface area contributed by atoms with Gasteiger partial charge in [-0.3, -0.25) is 5.41 Å². The standard InChI is InChI=1S/C16H27N3O2/c1-4-20-10-8-19(9-11-21-5-2)14-6-7-15(16(17)18)13(3)12-14/h6-7,12H,4-5,8-11H2,1-3H3,(H3,17,18). The minimum atomic E-state index is 0.106. The van der Waals surface area contributed by atoms with Crippen molar-refractivity contribution < 1.29 is 9.47 Å². The molecule has 0 radical (unpaired) electrons. The Morgan fingerprint density at radius 2 is 1.71 bits per heavy atom. The molecule has 0 saturated carbocycles. The number of nitrogen functional groups attached to an aromatic ring is 1. The Bertz CT molecular complexity index is 439. The Labute approximate surface area is 127 Å². The second kappa shape index (κ2) is 9.37. The van der Waals surface area contributed by atoms with Crippen LogP contribution >= 0.6 is 0 Å². The monoisotopic (exact) mass is 293 g/mol. The third kappa shape index (κ3) is 5.73. The minimum Gasteiger partial charge on any atom is -0.384 e. The van der Waals surface area contributed by atoms with Gasteiger partial charge >= 0.3 is 0 Å². The molecule has 0 atom stereocenters. The highest BCUT2D eigenvalue weighted by Crippen LogP contribution is 2.19. The topological polar surface area (TPSA) is 71.6 Å². The van der Waals surface area contributed by atoms with Crippen molar-refractivity contribution in [2.45, 2.75) is 20.8 Å². The fourth-order valence-corrected chi connectivity index (χ4v) is 2.15. The normalized spacial score (nSPS) is 10.6. The predicted octanol–water partition coefficient (Wildman–Crippen LogP) is 2.16. The zero-order valence-electron chi connectivity index (χ0n) is 13.3. The molecular weight excluding hydrogens is 266 g/mol. The van der Waals surface area contributed by atoms with E-state index in [1.807, 2.05) is 32.9 Å². The molecule has 1 aromatic carbocycles. The molecule has 0 aliphatic rings. The fourth-order valence-electron chi connectivity index (χ4n) is 2.15. The van der Waals surface area contributed by atoms with Gasteiger partial charge in [-0.2, -0.15) is 0 Å². The molecule has 5 heteroatoms. The highest BCUT2D eigenvalue weighted by molar-refractivity contribution is 5.96. The molecule has 21 heavy (non-hydrogen) atoms. The fraction of sp³-hybridized carbons (Fsp3) is 0.562. The van der Waals surface area contributed by atoms with Gasteiger partial charge in [-0.25, -0.2) is 0 Å². The smallest absolute Gasteiger partial charge is 0.123 e. The van der Waals surface area contributed by atoms with Crippen molar-refractivity contribution in [3.05, 3.63) is 29.3 Å². The SMILES string of the molecule is CCOCCN(CCOCC)c1ccc(C(=N)N)c(C)c1. The highest BCUT2D eigenvalue weighted by atomic mass is 16.5. The van der Waals surface area contributed by atoms with E-state index in [0.29, 0.717) is 13.2 Å². The lowest BCUT2D eigenvalue weighted by Crippen LogP contribution is -2.31. The number of nitrogens with one attached hydrogen (secondary N) is 1.